The van der Waals surface area contributed by atoms with Gasteiger partial charge in [0.05, 0.1) is 29.5 Å². The minimum absolute atomic E-state index is 0.186. The minimum Gasteiger partial charge on any atom is -0.497 e. The summed E-state index contributed by atoms with van der Waals surface area (Å²) in [6.45, 7) is 6.29. The average molecular weight is 378 g/mol. The molecule has 5 rings (SSSR count). The number of ether oxygens (including phenoxy) is 1. The molecule has 3 aliphatic rings. The summed E-state index contributed by atoms with van der Waals surface area (Å²) in [5, 5.41) is 5.21. The molecular weight excluding hydrogens is 355 g/mol. The Morgan fingerprint density at radius 3 is 2.71 bits per heavy atom. The molecule has 3 aliphatic heterocycles. The molecule has 1 fully saturated rings. The monoisotopic (exact) mass is 378 g/mol. The van der Waals surface area contributed by atoms with Gasteiger partial charge in [0.1, 0.15) is 11.6 Å². The zero-order valence-corrected chi connectivity index (χ0v) is 16.1. The van der Waals surface area contributed by atoms with Crippen molar-refractivity contribution in [3.05, 3.63) is 42.3 Å². The molecule has 28 heavy (non-hydrogen) atoms. The number of rotatable bonds is 3. The Balaban J connectivity index is 1.78. The first-order chi connectivity index (χ1) is 13.7. The smallest absolute Gasteiger partial charge is 0.147 e. The van der Waals surface area contributed by atoms with E-state index in [1.165, 1.54) is 0 Å². The highest BCUT2D eigenvalue weighted by Crippen LogP contribution is 2.39. The fourth-order valence-corrected chi connectivity index (χ4v) is 4.21. The first kappa shape index (κ1) is 17.3. The van der Waals surface area contributed by atoms with Crippen LogP contribution in [0.25, 0.3) is 33.1 Å². The maximum Gasteiger partial charge on any atom is 0.147 e. The molecular formula is C22H23FN4O. The van der Waals surface area contributed by atoms with E-state index in [2.05, 4.69) is 27.9 Å². The zero-order valence-electron chi connectivity index (χ0n) is 16.1. The van der Waals surface area contributed by atoms with Crippen LogP contribution in [-0.4, -0.2) is 42.8 Å². The van der Waals surface area contributed by atoms with Crippen LogP contribution in [0.5, 0.6) is 5.75 Å². The van der Waals surface area contributed by atoms with Crippen LogP contribution in [0.1, 0.15) is 6.92 Å². The number of nitrogens with one attached hydrogen (secondary N) is 1. The number of aromatic nitrogens is 2. The van der Waals surface area contributed by atoms with Crippen LogP contribution in [0.3, 0.4) is 0 Å². The van der Waals surface area contributed by atoms with E-state index < -0.39 is 0 Å². The lowest BCUT2D eigenvalue weighted by Gasteiger charge is -2.30. The Kier molecular flexibility index (Phi) is 4.09. The van der Waals surface area contributed by atoms with Crippen LogP contribution >= 0.6 is 0 Å². The molecule has 0 aromatic heterocycles. The SMILES string of the molecule is CCn1cc2c3cc(OC)ccc3nc-2c2cc(F)c(N3CCNCC3)cc21. The van der Waals surface area contributed by atoms with E-state index in [0.717, 1.165) is 71.5 Å². The third kappa shape index (κ3) is 2.59. The van der Waals surface area contributed by atoms with E-state index in [4.69, 9.17) is 9.72 Å². The predicted octanol–water partition coefficient (Wildman–Crippen LogP) is 3.87. The number of halogens is 1. The Labute approximate surface area is 163 Å². The van der Waals surface area contributed by atoms with Crippen LogP contribution < -0.4 is 15.0 Å². The topological polar surface area (TPSA) is 42.3 Å². The van der Waals surface area contributed by atoms with Gasteiger partial charge in [-0.3, -0.25) is 0 Å². The zero-order chi connectivity index (χ0) is 19.3. The third-order valence-electron chi connectivity index (χ3n) is 5.69. The first-order valence-electron chi connectivity index (χ1n) is 9.75. The van der Waals surface area contributed by atoms with Crippen LogP contribution in [0, 0.1) is 5.82 Å². The molecule has 6 heteroatoms. The summed E-state index contributed by atoms with van der Waals surface area (Å²) in [5.41, 5.74) is 4.46. The van der Waals surface area contributed by atoms with E-state index in [9.17, 15) is 0 Å². The maximum absolute atomic E-state index is 15.1. The number of hydrogen-bond donors (Lipinski definition) is 1. The van der Waals surface area contributed by atoms with Gasteiger partial charge in [0.15, 0.2) is 0 Å². The molecule has 2 aromatic carbocycles. The highest BCUT2D eigenvalue weighted by Gasteiger charge is 2.22. The van der Waals surface area contributed by atoms with Gasteiger partial charge in [-0.15, -0.1) is 0 Å². The van der Waals surface area contributed by atoms with E-state index in [1.54, 1.807) is 13.2 Å². The van der Waals surface area contributed by atoms with Gasteiger partial charge in [-0.2, -0.15) is 0 Å². The number of pyridine rings is 1. The quantitative estimate of drug-likeness (QED) is 0.588. The summed E-state index contributed by atoms with van der Waals surface area (Å²) in [6.07, 6.45) is 2.13. The van der Waals surface area contributed by atoms with E-state index in [-0.39, 0.29) is 5.82 Å². The third-order valence-corrected chi connectivity index (χ3v) is 5.69. The molecule has 0 saturated carbocycles. The number of benzene rings is 2. The van der Waals surface area contributed by atoms with Crippen molar-refractivity contribution in [3.8, 4) is 17.0 Å². The molecule has 0 spiro atoms. The molecule has 5 nitrogen and oxygen atoms in total. The van der Waals surface area contributed by atoms with Crippen molar-refractivity contribution >= 4 is 27.5 Å². The maximum atomic E-state index is 15.1. The molecule has 0 unspecified atom stereocenters. The molecule has 2 aromatic rings. The lowest BCUT2D eigenvalue weighted by atomic mass is 10.0. The van der Waals surface area contributed by atoms with Gasteiger partial charge in [-0.05, 0) is 37.3 Å². The van der Waals surface area contributed by atoms with Crippen molar-refractivity contribution in [2.24, 2.45) is 0 Å². The van der Waals surface area contributed by atoms with Crippen molar-refractivity contribution in [2.75, 3.05) is 38.2 Å². The predicted molar refractivity (Wildman–Crippen MR) is 111 cm³/mol. The fourth-order valence-electron chi connectivity index (χ4n) is 4.21. The summed E-state index contributed by atoms with van der Waals surface area (Å²) in [6, 6.07) is 9.51. The highest BCUT2D eigenvalue weighted by molar-refractivity contribution is 6.07. The van der Waals surface area contributed by atoms with Crippen molar-refractivity contribution in [1.29, 1.82) is 0 Å². The van der Waals surface area contributed by atoms with Crippen LogP contribution in [-0.2, 0) is 6.54 Å². The van der Waals surface area contributed by atoms with E-state index in [0.29, 0.717) is 5.69 Å². The van der Waals surface area contributed by atoms with Crippen molar-refractivity contribution < 1.29 is 9.13 Å². The average Bonchev–Trinajstić information content (AvgIpc) is 3.11. The van der Waals surface area contributed by atoms with E-state index >= 15 is 4.39 Å². The van der Waals surface area contributed by atoms with Crippen molar-refractivity contribution in [3.63, 3.8) is 0 Å². The fraction of sp³-hybridized carbons (Fsp3) is 0.318. The number of anilines is 1. The molecule has 0 aliphatic carbocycles. The van der Waals surface area contributed by atoms with E-state index in [1.807, 2.05) is 24.3 Å². The largest absolute Gasteiger partial charge is 0.497 e. The Bertz CT molecular complexity index is 1150. The molecule has 3 heterocycles. The van der Waals surface area contributed by atoms with Crippen LogP contribution in [0.15, 0.2) is 36.5 Å². The minimum atomic E-state index is -0.186. The van der Waals surface area contributed by atoms with Crippen molar-refractivity contribution in [2.45, 2.75) is 13.5 Å². The second kappa shape index (κ2) is 6.63. The lowest BCUT2D eigenvalue weighted by molar-refractivity contribution is 0.415. The first-order valence-corrected chi connectivity index (χ1v) is 9.75. The molecule has 0 amide bonds. The second-order valence-electron chi connectivity index (χ2n) is 7.23. The number of hydrogen-bond acceptors (Lipinski definition) is 4. The normalized spacial score (nSPS) is 15.0. The summed E-state index contributed by atoms with van der Waals surface area (Å²) in [5.74, 6) is 0.611. The van der Waals surface area contributed by atoms with Crippen LogP contribution in [0.2, 0.25) is 0 Å². The summed E-state index contributed by atoms with van der Waals surface area (Å²) >= 11 is 0. The Morgan fingerprint density at radius 2 is 1.96 bits per heavy atom. The molecule has 1 N–H and O–H groups in total. The summed E-state index contributed by atoms with van der Waals surface area (Å²) in [7, 11) is 1.66. The number of methoxy groups -OCH3 is 1. The van der Waals surface area contributed by atoms with Gasteiger partial charge in [-0.25, -0.2) is 9.37 Å². The van der Waals surface area contributed by atoms with Gasteiger partial charge in [0, 0.05) is 55.3 Å². The van der Waals surface area contributed by atoms with Crippen LogP contribution in [0.4, 0.5) is 10.1 Å². The second-order valence-corrected chi connectivity index (χ2v) is 7.23. The Morgan fingerprint density at radius 1 is 1.14 bits per heavy atom. The number of piperazine rings is 1. The van der Waals surface area contributed by atoms with Gasteiger partial charge < -0.3 is 19.5 Å². The Hall–Kier alpha value is -2.86. The number of aryl methyl sites for hydroxylation is 1. The van der Waals surface area contributed by atoms with Gasteiger partial charge in [0.25, 0.3) is 0 Å². The standard InChI is InChI=1S/C22H23FN4O/c1-3-26-13-17-15-10-14(28-2)4-5-19(15)25-22(17)16-11-18(23)21(12-20(16)26)27-8-6-24-7-9-27/h4-5,10-13,24H,3,6-9H2,1-2H3. The lowest BCUT2D eigenvalue weighted by Crippen LogP contribution is -2.43. The van der Waals surface area contributed by atoms with Gasteiger partial charge in [-0.1, -0.05) is 0 Å². The summed E-state index contributed by atoms with van der Waals surface area (Å²) < 4.78 is 22.7. The van der Waals surface area contributed by atoms with Gasteiger partial charge >= 0.3 is 0 Å². The molecule has 0 radical (unpaired) electrons. The number of fused-ring (bicyclic) bond motifs is 5. The molecule has 0 bridgehead atoms. The molecule has 144 valence electrons. The number of nitrogens with zero attached hydrogens (tertiary/aromatic N) is 3. The summed E-state index contributed by atoms with van der Waals surface area (Å²) in [4.78, 5) is 6.94. The highest BCUT2D eigenvalue weighted by atomic mass is 19.1. The van der Waals surface area contributed by atoms with Gasteiger partial charge in [0.2, 0.25) is 0 Å². The molecule has 0 atom stereocenters. The molecule has 1 saturated heterocycles. The van der Waals surface area contributed by atoms with Crippen molar-refractivity contribution in [1.82, 2.24) is 14.9 Å².